The standard InChI is InChI=1S/C5H9ClOS/c1-2-3-8-4-5(6)7/h2-4H2,1H3. The zero-order valence-corrected chi connectivity index (χ0v) is 6.39. The van der Waals surface area contributed by atoms with E-state index < -0.39 is 0 Å². The lowest BCUT2D eigenvalue weighted by atomic mass is 10.6. The molecule has 0 saturated heterocycles. The molecule has 0 aromatic carbocycles. The summed E-state index contributed by atoms with van der Waals surface area (Å²) in [5, 5.41) is -0.247. The minimum atomic E-state index is -0.247. The van der Waals surface area contributed by atoms with E-state index in [4.69, 9.17) is 11.6 Å². The lowest BCUT2D eigenvalue weighted by molar-refractivity contribution is -0.109. The number of carbonyl (C=O) groups is 1. The predicted octanol–water partition coefficient (Wildman–Crippen LogP) is 1.90. The fourth-order valence-corrected chi connectivity index (χ4v) is 1.12. The molecule has 0 rings (SSSR count). The van der Waals surface area contributed by atoms with Gasteiger partial charge in [-0.3, -0.25) is 4.79 Å². The Kier molecular flexibility index (Phi) is 5.66. The van der Waals surface area contributed by atoms with E-state index in [9.17, 15) is 4.79 Å². The first-order valence-corrected chi connectivity index (χ1v) is 4.06. The minimum Gasteiger partial charge on any atom is -0.280 e. The highest BCUT2D eigenvalue weighted by molar-refractivity contribution is 8.00. The van der Waals surface area contributed by atoms with Crippen LogP contribution in [-0.4, -0.2) is 16.7 Å². The molecule has 0 aromatic heterocycles. The van der Waals surface area contributed by atoms with Crippen molar-refractivity contribution in [3.05, 3.63) is 0 Å². The van der Waals surface area contributed by atoms with Gasteiger partial charge in [0.25, 0.3) is 0 Å². The largest absolute Gasteiger partial charge is 0.280 e. The molecular weight excluding hydrogens is 144 g/mol. The average molecular weight is 153 g/mol. The maximum absolute atomic E-state index is 10.1. The number of carbonyl (C=O) groups excluding carboxylic acids is 1. The Balaban J connectivity index is 2.82. The molecule has 0 spiro atoms. The van der Waals surface area contributed by atoms with Crippen LogP contribution in [-0.2, 0) is 4.79 Å². The first kappa shape index (κ1) is 8.31. The molecule has 0 heterocycles. The van der Waals surface area contributed by atoms with E-state index in [-0.39, 0.29) is 5.24 Å². The Hall–Kier alpha value is 0.310. The van der Waals surface area contributed by atoms with Crippen molar-refractivity contribution in [1.29, 1.82) is 0 Å². The van der Waals surface area contributed by atoms with Gasteiger partial charge in [0, 0.05) is 0 Å². The summed E-state index contributed by atoms with van der Waals surface area (Å²) in [6.07, 6.45) is 1.11. The summed E-state index contributed by atoms with van der Waals surface area (Å²) < 4.78 is 0. The normalized spacial score (nSPS) is 9.25. The molecule has 0 aromatic rings. The summed E-state index contributed by atoms with van der Waals surface area (Å²) in [6.45, 7) is 2.08. The Morgan fingerprint density at radius 3 is 2.75 bits per heavy atom. The summed E-state index contributed by atoms with van der Waals surface area (Å²) in [6, 6.07) is 0. The highest BCUT2D eigenvalue weighted by Gasteiger charge is 1.92. The lowest BCUT2D eigenvalue weighted by Crippen LogP contribution is -1.89. The minimum absolute atomic E-state index is 0.247. The van der Waals surface area contributed by atoms with E-state index in [0.29, 0.717) is 5.75 Å². The summed E-state index contributed by atoms with van der Waals surface area (Å²) in [5.74, 6) is 1.48. The monoisotopic (exact) mass is 152 g/mol. The Bertz CT molecular complexity index is 74.8. The van der Waals surface area contributed by atoms with E-state index in [1.165, 1.54) is 0 Å². The van der Waals surface area contributed by atoms with Crippen molar-refractivity contribution >= 4 is 28.6 Å². The molecule has 0 aliphatic rings. The number of hydrogen-bond donors (Lipinski definition) is 0. The van der Waals surface area contributed by atoms with Crippen molar-refractivity contribution in [3.63, 3.8) is 0 Å². The van der Waals surface area contributed by atoms with Crippen molar-refractivity contribution < 1.29 is 4.79 Å². The van der Waals surface area contributed by atoms with Gasteiger partial charge in [0.05, 0.1) is 5.75 Å². The van der Waals surface area contributed by atoms with Gasteiger partial charge in [0.15, 0.2) is 0 Å². The van der Waals surface area contributed by atoms with E-state index in [2.05, 4.69) is 6.92 Å². The molecule has 1 nitrogen and oxygen atoms in total. The van der Waals surface area contributed by atoms with E-state index in [1.54, 1.807) is 11.8 Å². The van der Waals surface area contributed by atoms with Gasteiger partial charge < -0.3 is 0 Å². The van der Waals surface area contributed by atoms with Gasteiger partial charge in [0.1, 0.15) is 0 Å². The average Bonchev–Trinajstić information content (AvgIpc) is 1.66. The quantitative estimate of drug-likeness (QED) is 0.452. The number of hydrogen-bond acceptors (Lipinski definition) is 2. The Morgan fingerprint density at radius 1 is 1.75 bits per heavy atom. The highest BCUT2D eigenvalue weighted by Crippen LogP contribution is 2.02. The van der Waals surface area contributed by atoms with Crippen LogP contribution in [0, 0.1) is 0 Å². The van der Waals surface area contributed by atoms with Crippen molar-refractivity contribution in [3.8, 4) is 0 Å². The Morgan fingerprint density at radius 2 is 2.38 bits per heavy atom. The molecule has 0 fully saturated rings. The summed E-state index contributed by atoms with van der Waals surface area (Å²) in [5.41, 5.74) is 0. The molecule has 0 bridgehead atoms. The topological polar surface area (TPSA) is 17.1 Å². The third-order valence-electron chi connectivity index (χ3n) is 0.564. The molecule has 0 unspecified atom stereocenters. The van der Waals surface area contributed by atoms with Gasteiger partial charge in [-0.2, -0.15) is 11.8 Å². The van der Waals surface area contributed by atoms with Gasteiger partial charge in [0.2, 0.25) is 5.24 Å². The third kappa shape index (κ3) is 6.31. The number of thioether (sulfide) groups is 1. The van der Waals surface area contributed by atoms with E-state index in [0.717, 1.165) is 12.2 Å². The molecule has 0 radical (unpaired) electrons. The summed E-state index contributed by atoms with van der Waals surface area (Å²) in [7, 11) is 0. The zero-order valence-electron chi connectivity index (χ0n) is 4.82. The fourth-order valence-electron chi connectivity index (χ4n) is 0.297. The number of rotatable bonds is 4. The maximum atomic E-state index is 10.1. The van der Waals surface area contributed by atoms with Gasteiger partial charge in [-0.25, -0.2) is 0 Å². The molecule has 48 valence electrons. The van der Waals surface area contributed by atoms with Gasteiger partial charge in [-0.1, -0.05) is 6.92 Å². The molecular formula is C5H9ClOS. The molecule has 0 atom stereocenters. The molecule has 0 N–H and O–H groups in total. The van der Waals surface area contributed by atoms with Crippen molar-refractivity contribution in [2.24, 2.45) is 0 Å². The maximum Gasteiger partial charge on any atom is 0.231 e. The van der Waals surface area contributed by atoms with Crippen molar-refractivity contribution in [2.45, 2.75) is 13.3 Å². The van der Waals surface area contributed by atoms with Crippen LogP contribution >= 0.6 is 23.4 Å². The van der Waals surface area contributed by atoms with Crippen LogP contribution in [0.1, 0.15) is 13.3 Å². The second-order valence-electron chi connectivity index (χ2n) is 1.41. The van der Waals surface area contributed by atoms with Gasteiger partial charge in [-0.05, 0) is 23.8 Å². The van der Waals surface area contributed by atoms with Crippen LogP contribution in [0.5, 0.6) is 0 Å². The molecule has 8 heavy (non-hydrogen) atoms. The van der Waals surface area contributed by atoms with Crippen LogP contribution in [0.15, 0.2) is 0 Å². The fraction of sp³-hybridized carbons (Fsp3) is 0.800. The van der Waals surface area contributed by atoms with Crippen molar-refractivity contribution in [1.82, 2.24) is 0 Å². The number of halogens is 1. The van der Waals surface area contributed by atoms with Gasteiger partial charge in [-0.15, -0.1) is 0 Å². The first-order valence-electron chi connectivity index (χ1n) is 2.53. The third-order valence-corrected chi connectivity index (χ3v) is 2.02. The van der Waals surface area contributed by atoms with Crippen LogP contribution in [0.25, 0.3) is 0 Å². The highest BCUT2D eigenvalue weighted by atomic mass is 35.5. The van der Waals surface area contributed by atoms with Crippen LogP contribution in [0.2, 0.25) is 0 Å². The van der Waals surface area contributed by atoms with Crippen LogP contribution in [0.3, 0.4) is 0 Å². The molecule has 0 aliphatic heterocycles. The summed E-state index contributed by atoms with van der Waals surface area (Å²) in [4.78, 5) is 10.1. The van der Waals surface area contributed by atoms with E-state index >= 15 is 0 Å². The van der Waals surface area contributed by atoms with Gasteiger partial charge >= 0.3 is 0 Å². The smallest absolute Gasteiger partial charge is 0.231 e. The molecule has 0 saturated carbocycles. The Labute approximate surface area is 58.8 Å². The predicted molar refractivity (Wildman–Crippen MR) is 38.5 cm³/mol. The van der Waals surface area contributed by atoms with E-state index in [1.807, 2.05) is 0 Å². The molecule has 0 aliphatic carbocycles. The summed E-state index contributed by atoms with van der Waals surface area (Å²) >= 11 is 6.63. The van der Waals surface area contributed by atoms with Crippen molar-refractivity contribution in [2.75, 3.05) is 11.5 Å². The zero-order chi connectivity index (χ0) is 6.41. The van der Waals surface area contributed by atoms with Crippen LogP contribution in [0.4, 0.5) is 0 Å². The first-order chi connectivity index (χ1) is 3.77. The molecule has 3 heteroatoms. The lowest BCUT2D eigenvalue weighted by Gasteiger charge is -1.89. The molecule has 0 amide bonds. The SMILES string of the molecule is CCCSCC(=O)Cl. The second-order valence-corrected chi connectivity index (χ2v) is 2.93. The van der Waals surface area contributed by atoms with Crippen LogP contribution < -0.4 is 0 Å². The second kappa shape index (κ2) is 5.45.